The first kappa shape index (κ1) is 28.6. The van der Waals surface area contributed by atoms with Gasteiger partial charge in [0.1, 0.15) is 6.23 Å². The fourth-order valence-electron chi connectivity index (χ4n) is 4.49. The number of nitrogens with one attached hydrogen (secondary N) is 2. The number of methoxy groups -OCH3 is 1. The smallest absolute Gasteiger partial charge is 0.260 e. The number of hydrogen-bond donors (Lipinski definition) is 2. The predicted molar refractivity (Wildman–Crippen MR) is 155 cm³/mol. The normalized spacial score (nSPS) is 16.6. The number of ether oxygens (including phenoxy) is 2. The number of nitrogens with zero attached hydrogens (tertiary/aromatic N) is 1. The summed E-state index contributed by atoms with van der Waals surface area (Å²) in [7, 11) is 1.58. The second-order valence-electron chi connectivity index (χ2n) is 8.90. The van der Waals surface area contributed by atoms with Crippen LogP contribution >= 0.6 is 23.2 Å². The minimum absolute atomic E-state index is 0.245. The zero-order valence-corrected chi connectivity index (χ0v) is 23.0. The van der Waals surface area contributed by atoms with Crippen molar-refractivity contribution in [1.82, 2.24) is 5.32 Å². The number of halogens is 2. The molecule has 3 aromatic rings. The Bertz CT molecular complexity index is 1360. The summed E-state index contributed by atoms with van der Waals surface area (Å²) in [6.45, 7) is 1.52. The van der Waals surface area contributed by atoms with E-state index in [0.717, 1.165) is 5.56 Å². The van der Waals surface area contributed by atoms with Crippen LogP contribution in [0.5, 0.6) is 0 Å². The van der Waals surface area contributed by atoms with E-state index in [1.807, 2.05) is 12.1 Å². The Kier molecular flexibility index (Phi) is 9.99. The lowest BCUT2D eigenvalue weighted by Gasteiger charge is -2.30. The first-order valence-corrected chi connectivity index (χ1v) is 13.3. The van der Waals surface area contributed by atoms with Crippen molar-refractivity contribution in [3.63, 3.8) is 0 Å². The van der Waals surface area contributed by atoms with Crippen molar-refractivity contribution in [2.75, 3.05) is 37.0 Å². The van der Waals surface area contributed by atoms with E-state index < -0.39 is 6.23 Å². The van der Waals surface area contributed by atoms with Gasteiger partial charge in [0.2, 0.25) is 0 Å². The van der Waals surface area contributed by atoms with Gasteiger partial charge < -0.3 is 20.1 Å². The highest BCUT2D eigenvalue weighted by atomic mass is 35.5. The van der Waals surface area contributed by atoms with Crippen molar-refractivity contribution in [3.05, 3.63) is 93.5 Å². The maximum Gasteiger partial charge on any atom is 0.260 e. The Morgan fingerprint density at radius 2 is 1.85 bits per heavy atom. The largest absolute Gasteiger partial charge is 0.372 e. The molecule has 4 rings (SSSR count). The van der Waals surface area contributed by atoms with Crippen molar-refractivity contribution in [1.29, 1.82) is 0 Å². The highest BCUT2D eigenvalue weighted by molar-refractivity contribution is 6.34. The molecule has 2 unspecified atom stereocenters. The van der Waals surface area contributed by atoms with Gasteiger partial charge >= 0.3 is 0 Å². The monoisotopic (exact) mass is 565 g/mol. The van der Waals surface area contributed by atoms with Crippen LogP contribution < -0.4 is 15.5 Å². The Balaban J connectivity index is 1.56. The van der Waals surface area contributed by atoms with Gasteiger partial charge in [-0.2, -0.15) is 0 Å². The fraction of sp³-hybridized carbons (Fsp3) is 0.267. The van der Waals surface area contributed by atoms with E-state index in [9.17, 15) is 9.59 Å². The lowest BCUT2D eigenvalue weighted by Crippen LogP contribution is -2.41. The van der Waals surface area contributed by atoms with Crippen LogP contribution in [0, 0.1) is 12.3 Å². The lowest BCUT2D eigenvalue weighted by atomic mass is 10.0. The molecule has 0 spiro atoms. The fourth-order valence-corrected chi connectivity index (χ4v) is 4.89. The number of terminal acetylenes is 1. The molecule has 2 atom stereocenters. The molecule has 0 bridgehead atoms. The van der Waals surface area contributed by atoms with Crippen LogP contribution in [-0.2, 0) is 9.47 Å². The van der Waals surface area contributed by atoms with Crippen LogP contribution in [0.1, 0.15) is 45.2 Å². The number of benzene rings is 3. The number of anilines is 2. The summed E-state index contributed by atoms with van der Waals surface area (Å²) in [4.78, 5) is 28.1. The molecule has 0 fully saturated rings. The molecule has 3 aromatic carbocycles. The van der Waals surface area contributed by atoms with Gasteiger partial charge in [-0.05, 0) is 67.4 Å². The predicted octanol–water partition coefficient (Wildman–Crippen LogP) is 5.94. The summed E-state index contributed by atoms with van der Waals surface area (Å²) >= 11 is 12.5. The number of rotatable bonds is 9. The van der Waals surface area contributed by atoms with Crippen molar-refractivity contribution in [3.8, 4) is 12.3 Å². The second kappa shape index (κ2) is 13.6. The number of carbonyl (C=O) groups is 2. The van der Waals surface area contributed by atoms with Crippen LogP contribution in [0.4, 0.5) is 11.4 Å². The van der Waals surface area contributed by atoms with Crippen LogP contribution in [0.15, 0.2) is 66.7 Å². The minimum atomic E-state index is -0.509. The maximum atomic E-state index is 13.8. The van der Waals surface area contributed by atoms with E-state index in [-0.39, 0.29) is 17.9 Å². The minimum Gasteiger partial charge on any atom is -0.372 e. The van der Waals surface area contributed by atoms with Crippen LogP contribution in [0.2, 0.25) is 10.0 Å². The number of fused-ring (bicyclic) bond motifs is 1. The van der Waals surface area contributed by atoms with Gasteiger partial charge in [-0.15, -0.1) is 6.42 Å². The average Bonchev–Trinajstić information content (AvgIpc) is 3.09. The van der Waals surface area contributed by atoms with Crippen molar-refractivity contribution >= 4 is 46.4 Å². The van der Waals surface area contributed by atoms with Gasteiger partial charge in [0.15, 0.2) is 0 Å². The van der Waals surface area contributed by atoms with Crippen LogP contribution in [0.3, 0.4) is 0 Å². The quantitative estimate of drug-likeness (QED) is 0.248. The van der Waals surface area contributed by atoms with Crippen molar-refractivity contribution < 1.29 is 19.1 Å². The van der Waals surface area contributed by atoms with Gasteiger partial charge in [-0.25, -0.2) is 0 Å². The van der Waals surface area contributed by atoms with Crippen molar-refractivity contribution in [2.45, 2.75) is 25.2 Å². The number of hydrogen-bond acceptors (Lipinski definition) is 5. The second-order valence-corrected chi connectivity index (χ2v) is 9.74. The van der Waals surface area contributed by atoms with E-state index in [1.54, 1.807) is 66.6 Å². The Hall–Kier alpha value is -3.38. The zero-order valence-electron chi connectivity index (χ0n) is 21.5. The highest BCUT2D eigenvalue weighted by Crippen LogP contribution is 2.40. The van der Waals surface area contributed by atoms with E-state index >= 15 is 0 Å². The van der Waals surface area contributed by atoms with Crippen molar-refractivity contribution in [2.24, 2.45) is 0 Å². The van der Waals surface area contributed by atoms with E-state index in [1.165, 1.54) is 0 Å². The molecule has 0 aromatic heterocycles. The summed E-state index contributed by atoms with van der Waals surface area (Å²) in [5, 5.41) is 6.84. The molecule has 39 heavy (non-hydrogen) atoms. The first-order valence-electron chi connectivity index (χ1n) is 12.5. The third-order valence-corrected chi connectivity index (χ3v) is 6.95. The SMILES string of the molecule is C#CCNCCOC1CCC(OC)N(C(=O)c2ccc(NC(=O)c3ccccc3Cl)cc2)c2ccc(Cl)cc21. The molecule has 0 aliphatic carbocycles. The molecule has 1 aliphatic heterocycles. The summed E-state index contributed by atoms with van der Waals surface area (Å²) < 4.78 is 12.0. The van der Waals surface area contributed by atoms with Gasteiger partial charge in [0.25, 0.3) is 11.8 Å². The Labute approximate surface area is 238 Å². The molecule has 202 valence electrons. The Morgan fingerprint density at radius 1 is 1.08 bits per heavy atom. The van der Waals surface area contributed by atoms with E-state index in [0.29, 0.717) is 65.1 Å². The molecule has 1 aliphatic rings. The zero-order chi connectivity index (χ0) is 27.8. The molecule has 0 saturated heterocycles. The number of amides is 2. The third kappa shape index (κ3) is 6.99. The third-order valence-electron chi connectivity index (χ3n) is 6.38. The molecular weight excluding hydrogens is 537 g/mol. The standard InChI is InChI=1S/C30H29Cl2N3O4/c1-3-16-33-17-18-39-27-14-15-28(38-2)35(26-13-10-21(31)19-24(26)27)30(37)20-8-11-22(12-9-20)34-29(36)23-6-4-5-7-25(23)32/h1,4-13,19,27-28,33H,14-18H2,2H3,(H,34,36). The van der Waals surface area contributed by atoms with Gasteiger partial charge in [-0.3, -0.25) is 14.5 Å². The average molecular weight is 566 g/mol. The number of carbonyl (C=O) groups excluding carboxylic acids is 2. The van der Waals surface area contributed by atoms with Crippen LogP contribution in [0.25, 0.3) is 0 Å². The molecule has 9 heteroatoms. The van der Waals surface area contributed by atoms with Gasteiger partial charge in [0, 0.05) is 35.5 Å². The molecule has 1 heterocycles. The lowest BCUT2D eigenvalue weighted by molar-refractivity contribution is 0.0325. The van der Waals surface area contributed by atoms with Crippen LogP contribution in [-0.4, -0.2) is 44.8 Å². The Morgan fingerprint density at radius 3 is 2.56 bits per heavy atom. The molecule has 0 saturated carbocycles. The van der Waals surface area contributed by atoms with Gasteiger partial charge in [-0.1, -0.05) is 41.3 Å². The molecular formula is C30H29Cl2N3O4. The maximum absolute atomic E-state index is 13.8. The molecule has 7 nitrogen and oxygen atoms in total. The topological polar surface area (TPSA) is 79.9 Å². The summed E-state index contributed by atoms with van der Waals surface area (Å²) in [6.07, 6.45) is 5.70. The summed E-state index contributed by atoms with van der Waals surface area (Å²) in [5.41, 5.74) is 2.83. The van der Waals surface area contributed by atoms with E-state index in [4.69, 9.17) is 39.1 Å². The summed E-state index contributed by atoms with van der Waals surface area (Å²) in [5.74, 6) is 1.96. The molecule has 0 radical (unpaired) electrons. The molecule has 2 N–H and O–H groups in total. The van der Waals surface area contributed by atoms with Gasteiger partial charge in [0.05, 0.1) is 35.5 Å². The highest BCUT2D eigenvalue weighted by Gasteiger charge is 2.34. The first-order chi connectivity index (χ1) is 18.9. The van der Waals surface area contributed by atoms with E-state index in [2.05, 4.69) is 16.6 Å². The summed E-state index contributed by atoms with van der Waals surface area (Å²) in [6, 6.07) is 18.9. The molecule has 2 amide bonds.